The first-order chi connectivity index (χ1) is 9.55. The van der Waals surface area contributed by atoms with E-state index >= 15 is 0 Å². The van der Waals surface area contributed by atoms with Gasteiger partial charge in [-0.15, -0.1) is 11.3 Å². The molecular formula is C13H22N2O3S2. The van der Waals surface area contributed by atoms with Crippen LogP contribution in [0.5, 0.6) is 0 Å². The van der Waals surface area contributed by atoms with Crippen molar-refractivity contribution >= 4 is 21.4 Å². The van der Waals surface area contributed by atoms with Crippen LogP contribution < -0.4 is 4.72 Å². The molecule has 1 aromatic rings. The maximum absolute atomic E-state index is 12.2. The van der Waals surface area contributed by atoms with Crippen LogP contribution in [0.3, 0.4) is 0 Å². The molecule has 1 aliphatic heterocycles. The van der Waals surface area contributed by atoms with Crippen molar-refractivity contribution in [2.24, 2.45) is 5.92 Å². The molecule has 1 saturated heterocycles. The van der Waals surface area contributed by atoms with Crippen LogP contribution in [-0.4, -0.2) is 51.2 Å². The van der Waals surface area contributed by atoms with Crippen molar-refractivity contribution in [1.29, 1.82) is 0 Å². The summed E-state index contributed by atoms with van der Waals surface area (Å²) in [5.41, 5.74) is 0. The second kappa shape index (κ2) is 7.00. The van der Waals surface area contributed by atoms with Crippen LogP contribution in [0.4, 0.5) is 0 Å². The fraction of sp³-hybridized carbons (Fsp3) is 0.692. The summed E-state index contributed by atoms with van der Waals surface area (Å²) in [4.78, 5) is 3.23. The van der Waals surface area contributed by atoms with Gasteiger partial charge in [0.25, 0.3) is 0 Å². The lowest BCUT2D eigenvalue weighted by atomic mass is 10.1. The average Bonchev–Trinajstić information content (AvgIpc) is 3.06. The van der Waals surface area contributed by atoms with Crippen molar-refractivity contribution < 1.29 is 13.5 Å². The van der Waals surface area contributed by atoms with E-state index in [1.54, 1.807) is 12.1 Å². The van der Waals surface area contributed by atoms with Gasteiger partial charge in [0.1, 0.15) is 4.21 Å². The van der Waals surface area contributed by atoms with E-state index in [1.165, 1.54) is 11.3 Å². The molecule has 2 N–H and O–H groups in total. The van der Waals surface area contributed by atoms with E-state index < -0.39 is 10.0 Å². The molecule has 2 heterocycles. The van der Waals surface area contributed by atoms with E-state index in [4.69, 9.17) is 5.11 Å². The van der Waals surface area contributed by atoms with Gasteiger partial charge in [0.2, 0.25) is 10.0 Å². The van der Waals surface area contributed by atoms with Crippen LogP contribution in [0.15, 0.2) is 16.3 Å². The van der Waals surface area contributed by atoms with Crippen molar-refractivity contribution in [3.63, 3.8) is 0 Å². The quantitative estimate of drug-likeness (QED) is 0.784. The molecule has 0 amide bonds. The minimum absolute atomic E-state index is 0.0440. The zero-order valence-electron chi connectivity index (χ0n) is 11.7. The zero-order valence-corrected chi connectivity index (χ0v) is 13.3. The Kier molecular flexibility index (Phi) is 5.57. The summed E-state index contributed by atoms with van der Waals surface area (Å²) in [6, 6.07) is 3.38. The number of thiophene rings is 1. The van der Waals surface area contributed by atoms with Gasteiger partial charge in [-0.25, -0.2) is 13.1 Å². The molecule has 0 spiro atoms. The highest BCUT2D eigenvalue weighted by molar-refractivity contribution is 7.91. The fourth-order valence-corrected chi connectivity index (χ4v) is 4.92. The summed E-state index contributed by atoms with van der Waals surface area (Å²) in [6.07, 6.45) is 1.56. The Morgan fingerprint density at radius 2 is 2.30 bits per heavy atom. The van der Waals surface area contributed by atoms with Crippen molar-refractivity contribution in [2.75, 3.05) is 32.8 Å². The highest BCUT2D eigenvalue weighted by atomic mass is 32.2. The number of hydrogen-bond acceptors (Lipinski definition) is 5. The molecular weight excluding hydrogens is 296 g/mol. The molecule has 1 unspecified atom stereocenters. The lowest BCUT2D eigenvalue weighted by Gasteiger charge is -2.13. The normalized spacial score (nSPS) is 20.6. The van der Waals surface area contributed by atoms with E-state index in [1.807, 2.05) is 0 Å². The zero-order chi connectivity index (χ0) is 14.6. The summed E-state index contributed by atoms with van der Waals surface area (Å²) in [5, 5.41) is 8.86. The van der Waals surface area contributed by atoms with Crippen molar-refractivity contribution in [3.05, 3.63) is 17.0 Å². The molecule has 5 nitrogen and oxygen atoms in total. The molecule has 7 heteroatoms. The lowest BCUT2D eigenvalue weighted by molar-refractivity contribution is 0.300. The molecule has 1 fully saturated rings. The van der Waals surface area contributed by atoms with Gasteiger partial charge in [0.05, 0.1) is 0 Å². The molecule has 20 heavy (non-hydrogen) atoms. The third-order valence-electron chi connectivity index (χ3n) is 3.64. The van der Waals surface area contributed by atoms with Gasteiger partial charge in [-0.3, -0.25) is 0 Å². The smallest absolute Gasteiger partial charge is 0.250 e. The van der Waals surface area contributed by atoms with Gasteiger partial charge < -0.3 is 10.0 Å². The fourth-order valence-electron chi connectivity index (χ4n) is 2.41. The Labute approximate surface area is 124 Å². The monoisotopic (exact) mass is 318 g/mol. The van der Waals surface area contributed by atoms with Gasteiger partial charge in [-0.05, 0) is 37.6 Å². The Balaban J connectivity index is 1.90. The van der Waals surface area contributed by atoms with Crippen LogP contribution >= 0.6 is 11.3 Å². The number of nitrogens with one attached hydrogen (secondary N) is 1. The predicted octanol–water partition coefficient (Wildman–Crippen LogP) is 0.903. The molecule has 114 valence electrons. The van der Waals surface area contributed by atoms with Gasteiger partial charge in [0.15, 0.2) is 0 Å². The van der Waals surface area contributed by atoms with Crippen LogP contribution in [0.1, 0.15) is 18.2 Å². The van der Waals surface area contributed by atoms with Crippen LogP contribution in [-0.2, 0) is 16.4 Å². The summed E-state index contributed by atoms with van der Waals surface area (Å²) in [5.74, 6) is 0.404. The minimum Gasteiger partial charge on any atom is -0.396 e. The highest BCUT2D eigenvalue weighted by Crippen LogP contribution is 2.22. The number of aliphatic hydroxyl groups excluding tert-OH is 1. The Hall–Kier alpha value is -0.470. The summed E-state index contributed by atoms with van der Waals surface area (Å²) >= 11 is 1.23. The molecule has 0 bridgehead atoms. The SMILES string of the molecule is CCN1CCC(CNS(=O)(=O)c2ccc(CCO)s2)C1. The molecule has 0 aromatic carbocycles. The van der Waals surface area contributed by atoms with Crippen LogP contribution in [0, 0.1) is 5.92 Å². The molecule has 1 aromatic heterocycles. The van der Waals surface area contributed by atoms with Gasteiger partial charge in [0, 0.05) is 31.0 Å². The van der Waals surface area contributed by atoms with Crippen LogP contribution in [0.25, 0.3) is 0 Å². The van der Waals surface area contributed by atoms with Gasteiger partial charge in [-0.1, -0.05) is 6.92 Å². The topological polar surface area (TPSA) is 69.6 Å². The average molecular weight is 318 g/mol. The third kappa shape index (κ3) is 4.02. The van der Waals surface area contributed by atoms with Crippen LogP contribution in [0.2, 0.25) is 0 Å². The predicted molar refractivity (Wildman–Crippen MR) is 80.5 cm³/mol. The van der Waals surface area contributed by atoms with Gasteiger partial charge >= 0.3 is 0 Å². The maximum Gasteiger partial charge on any atom is 0.250 e. The van der Waals surface area contributed by atoms with Gasteiger partial charge in [-0.2, -0.15) is 0 Å². The van der Waals surface area contributed by atoms with Crippen molar-refractivity contribution in [1.82, 2.24) is 9.62 Å². The van der Waals surface area contributed by atoms with Crippen molar-refractivity contribution in [3.8, 4) is 0 Å². The molecule has 0 saturated carbocycles. The second-order valence-electron chi connectivity index (χ2n) is 5.09. The summed E-state index contributed by atoms with van der Waals surface area (Å²) in [7, 11) is -3.40. The Morgan fingerprint density at radius 1 is 1.50 bits per heavy atom. The lowest BCUT2D eigenvalue weighted by Crippen LogP contribution is -2.30. The number of likely N-dealkylation sites (tertiary alicyclic amines) is 1. The number of rotatable bonds is 7. The minimum atomic E-state index is -3.40. The summed E-state index contributed by atoms with van der Waals surface area (Å²) in [6.45, 7) is 5.73. The number of hydrogen-bond donors (Lipinski definition) is 2. The first-order valence-electron chi connectivity index (χ1n) is 6.96. The number of sulfonamides is 1. The number of nitrogens with zero attached hydrogens (tertiary/aromatic N) is 1. The molecule has 0 aliphatic carbocycles. The standard InChI is InChI=1S/C13H22N2O3S2/c1-2-15-7-5-11(10-15)9-14-20(17,18)13-4-3-12(19-13)6-8-16/h3-4,11,14,16H,2,5-10H2,1H3. The molecule has 2 rings (SSSR count). The third-order valence-corrected chi connectivity index (χ3v) is 6.70. The Bertz CT molecular complexity index is 527. The highest BCUT2D eigenvalue weighted by Gasteiger charge is 2.24. The van der Waals surface area contributed by atoms with E-state index in [0.29, 0.717) is 23.1 Å². The van der Waals surface area contributed by atoms with E-state index in [0.717, 1.165) is 30.9 Å². The molecule has 1 atom stereocenters. The van der Waals surface area contributed by atoms with E-state index in [-0.39, 0.29) is 6.61 Å². The first kappa shape index (κ1) is 15.9. The van der Waals surface area contributed by atoms with Crippen molar-refractivity contribution in [2.45, 2.75) is 24.0 Å². The van der Waals surface area contributed by atoms with E-state index in [9.17, 15) is 8.42 Å². The maximum atomic E-state index is 12.2. The first-order valence-corrected chi connectivity index (χ1v) is 9.26. The summed E-state index contributed by atoms with van der Waals surface area (Å²) < 4.78 is 27.4. The molecule has 1 aliphatic rings. The number of aliphatic hydroxyl groups is 1. The largest absolute Gasteiger partial charge is 0.396 e. The van der Waals surface area contributed by atoms with E-state index in [2.05, 4.69) is 16.5 Å². The second-order valence-corrected chi connectivity index (χ2v) is 8.26. The molecule has 0 radical (unpaired) electrons. The Morgan fingerprint density at radius 3 is 2.95 bits per heavy atom.